The average Bonchev–Trinajstić information content (AvgIpc) is 3.53. The van der Waals surface area contributed by atoms with Crippen molar-refractivity contribution in [3.05, 3.63) is 69.6 Å². The fraction of sp³-hybridized carbons (Fsp3) is 0.414. The van der Waals surface area contributed by atoms with Gasteiger partial charge in [-0.05, 0) is 65.2 Å². The number of hydrogen-bond donors (Lipinski definition) is 1. The van der Waals surface area contributed by atoms with E-state index in [4.69, 9.17) is 20.8 Å². The topological polar surface area (TPSA) is 117 Å². The summed E-state index contributed by atoms with van der Waals surface area (Å²) < 4.78 is 15.3. The van der Waals surface area contributed by atoms with Crippen molar-refractivity contribution in [3.63, 3.8) is 0 Å². The van der Waals surface area contributed by atoms with E-state index in [-0.39, 0.29) is 35.3 Å². The van der Waals surface area contributed by atoms with Gasteiger partial charge in [0.2, 0.25) is 17.7 Å². The maximum atomic E-state index is 13.4. The van der Waals surface area contributed by atoms with Gasteiger partial charge in [-0.3, -0.25) is 14.3 Å². The van der Waals surface area contributed by atoms with Crippen molar-refractivity contribution in [2.45, 2.75) is 71.9 Å². The van der Waals surface area contributed by atoms with Crippen LogP contribution in [0.1, 0.15) is 64.0 Å². The lowest BCUT2D eigenvalue weighted by molar-refractivity contribution is -0.121. The highest BCUT2D eigenvalue weighted by molar-refractivity contribution is 6.30. The SMILES string of the molecule is CCn1c(C)c(NC(=O)[C@@H]2CCC[C@H](c3nnc(-c4cc(Cl)cnc4OC(C)C)o3)C2)c(=O)n1-c1ccccc1. The maximum absolute atomic E-state index is 13.4. The third-order valence-corrected chi connectivity index (χ3v) is 7.38. The first-order chi connectivity index (χ1) is 19.3. The van der Waals surface area contributed by atoms with Crippen LogP contribution in [0.4, 0.5) is 5.69 Å². The number of carbonyl (C=O) groups excluding carboxylic acids is 1. The number of pyridine rings is 1. The van der Waals surface area contributed by atoms with Crippen LogP contribution in [0.3, 0.4) is 0 Å². The van der Waals surface area contributed by atoms with Crippen molar-refractivity contribution < 1.29 is 13.9 Å². The number of nitrogens with zero attached hydrogens (tertiary/aromatic N) is 5. The molecule has 0 aliphatic heterocycles. The second-order valence-electron chi connectivity index (χ2n) is 10.3. The molecule has 0 unspecified atom stereocenters. The minimum absolute atomic E-state index is 0.0883. The van der Waals surface area contributed by atoms with E-state index in [0.29, 0.717) is 53.1 Å². The molecule has 0 spiro atoms. The lowest BCUT2D eigenvalue weighted by Gasteiger charge is -2.26. The fourth-order valence-corrected chi connectivity index (χ4v) is 5.44. The molecule has 5 rings (SSSR count). The molecule has 1 fully saturated rings. The van der Waals surface area contributed by atoms with Crippen LogP contribution >= 0.6 is 11.6 Å². The van der Waals surface area contributed by atoms with E-state index in [1.807, 2.05) is 62.7 Å². The molecule has 1 aromatic carbocycles. The van der Waals surface area contributed by atoms with Crippen LogP contribution in [0.15, 0.2) is 51.8 Å². The Hall–Kier alpha value is -3.92. The Morgan fingerprint density at radius 1 is 1.23 bits per heavy atom. The van der Waals surface area contributed by atoms with Crippen molar-refractivity contribution in [2.24, 2.45) is 5.92 Å². The first-order valence-corrected chi connectivity index (χ1v) is 14.0. The fourth-order valence-electron chi connectivity index (χ4n) is 5.28. The second kappa shape index (κ2) is 11.7. The van der Waals surface area contributed by atoms with E-state index in [9.17, 15) is 9.59 Å². The third kappa shape index (κ3) is 5.54. The lowest BCUT2D eigenvalue weighted by Crippen LogP contribution is -2.30. The van der Waals surface area contributed by atoms with E-state index < -0.39 is 0 Å². The summed E-state index contributed by atoms with van der Waals surface area (Å²) in [4.78, 5) is 31.1. The smallest absolute Gasteiger partial charge is 0.295 e. The molecule has 1 N–H and O–H groups in total. The zero-order valence-electron chi connectivity index (χ0n) is 23.1. The first kappa shape index (κ1) is 27.6. The summed E-state index contributed by atoms with van der Waals surface area (Å²) in [6, 6.07) is 11.1. The number of carbonyl (C=O) groups is 1. The van der Waals surface area contributed by atoms with Gasteiger partial charge in [0.05, 0.1) is 22.5 Å². The maximum Gasteiger partial charge on any atom is 0.295 e. The van der Waals surface area contributed by atoms with Gasteiger partial charge < -0.3 is 14.5 Å². The quantitative estimate of drug-likeness (QED) is 0.289. The van der Waals surface area contributed by atoms with Crippen LogP contribution < -0.4 is 15.6 Å². The highest BCUT2D eigenvalue weighted by atomic mass is 35.5. The zero-order chi connectivity index (χ0) is 28.4. The highest BCUT2D eigenvalue weighted by Gasteiger charge is 2.33. The molecule has 11 heteroatoms. The standard InChI is InChI=1S/C29H33ClN6O4/c1-5-35-18(4)24(29(38)36(35)22-12-7-6-8-13-22)32-25(37)19-10-9-11-20(14-19)26-33-34-28(40-26)23-15-21(30)16-31-27(23)39-17(2)3/h6-8,12-13,15-17,19-20H,5,9-11,14H2,1-4H3,(H,32,37)/t19-,20+/m1/s1. The molecular formula is C29H33ClN6O4. The molecule has 1 aliphatic rings. The number of hydrogen-bond acceptors (Lipinski definition) is 7. The molecule has 1 aliphatic carbocycles. The number of ether oxygens (including phenoxy) is 1. The minimum Gasteiger partial charge on any atom is -0.474 e. The van der Waals surface area contributed by atoms with Crippen LogP contribution in [0.25, 0.3) is 17.1 Å². The van der Waals surface area contributed by atoms with E-state index in [1.165, 1.54) is 6.20 Å². The normalized spacial score (nSPS) is 17.2. The summed E-state index contributed by atoms with van der Waals surface area (Å²) in [7, 11) is 0. The Morgan fingerprint density at radius 3 is 2.73 bits per heavy atom. The van der Waals surface area contributed by atoms with Crippen molar-refractivity contribution >= 4 is 23.2 Å². The van der Waals surface area contributed by atoms with E-state index in [0.717, 1.165) is 18.5 Å². The number of anilines is 1. The third-order valence-electron chi connectivity index (χ3n) is 7.18. The Balaban J connectivity index is 1.34. The van der Waals surface area contributed by atoms with Crippen LogP contribution in [0.2, 0.25) is 5.02 Å². The van der Waals surface area contributed by atoms with E-state index >= 15 is 0 Å². The van der Waals surface area contributed by atoms with Crippen molar-refractivity contribution in [1.82, 2.24) is 24.5 Å². The molecule has 4 aromatic rings. The van der Waals surface area contributed by atoms with Gasteiger partial charge in [0.1, 0.15) is 11.3 Å². The highest BCUT2D eigenvalue weighted by Crippen LogP contribution is 2.38. The molecule has 10 nitrogen and oxygen atoms in total. The van der Waals surface area contributed by atoms with Gasteiger partial charge in [-0.2, -0.15) is 0 Å². The van der Waals surface area contributed by atoms with E-state index in [2.05, 4.69) is 20.5 Å². The summed E-state index contributed by atoms with van der Waals surface area (Å²) in [5, 5.41) is 11.9. The Morgan fingerprint density at radius 2 is 2.00 bits per heavy atom. The van der Waals surface area contributed by atoms with Gasteiger partial charge in [-0.1, -0.05) is 36.2 Å². The Labute approximate surface area is 237 Å². The van der Waals surface area contributed by atoms with Gasteiger partial charge in [-0.25, -0.2) is 9.67 Å². The summed E-state index contributed by atoms with van der Waals surface area (Å²) in [5.41, 5.74) is 2.05. The molecule has 3 heterocycles. The predicted octanol–water partition coefficient (Wildman–Crippen LogP) is 5.77. The number of rotatable bonds is 8. The van der Waals surface area contributed by atoms with Crippen molar-refractivity contribution in [2.75, 3.05) is 5.32 Å². The molecule has 210 valence electrons. The second-order valence-corrected chi connectivity index (χ2v) is 10.7. The molecular weight excluding hydrogens is 532 g/mol. The van der Waals surface area contributed by atoms with Crippen LogP contribution in [0, 0.1) is 12.8 Å². The van der Waals surface area contributed by atoms with Gasteiger partial charge in [0.25, 0.3) is 11.4 Å². The van der Waals surface area contributed by atoms with Gasteiger partial charge >= 0.3 is 0 Å². The average molecular weight is 565 g/mol. The van der Waals surface area contributed by atoms with Crippen LogP contribution in [-0.2, 0) is 11.3 Å². The molecule has 0 saturated heterocycles. The molecule has 3 aromatic heterocycles. The molecule has 2 atom stereocenters. The number of amides is 1. The summed E-state index contributed by atoms with van der Waals surface area (Å²) in [5.74, 6) is 0.536. The minimum atomic E-state index is -0.296. The Bertz CT molecular complexity index is 1560. The zero-order valence-corrected chi connectivity index (χ0v) is 23.8. The van der Waals surface area contributed by atoms with Crippen molar-refractivity contribution in [1.29, 1.82) is 0 Å². The van der Waals surface area contributed by atoms with Gasteiger partial charge in [-0.15, -0.1) is 10.2 Å². The number of aromatic nitrogens is 5. The first-order valence-electron chi connectivity index (χ1n) is 13.6. The largest absolute Gasteiger partial charge is 0.474 e. The molecule has 0 bridgehead atoms. The molecule has 1 amide bonds. The van der Waals surface area contributed by atoms with Crippen molar-refractivity contribution in [3.8, 4) is 23.0 Å². The Kier molecular flexibility index (Phi) is 8.07. The predicted molar refractivity (Wildman–Crippen MR) is 152 cm³/mol. The lowest BCUT2D eigenvalue weighted by atomic mass is 9.81. The number of halogens is 1. The molecule has 0 radical (unpaired) electrons. The summed E-state index contributed by atoms with van der Waals surface area (Å²) in [6.07, 6.45) is 4.31. The monoisotopic (exact) mass is 564 g/mol. The van der Waals surface area contributed by atoms with Crippen LogP contribution in [0.5, 0.6) is 5.88 Å². The van der Waals surface area contributed by atoms with Crippen LogP contribution in [-0.4, -0.2) is 36.6 Å². The number of benzene rings is 1. The van der Waals surface area contributed by atoms with Gasteiger partial charge in [0.15, 0.2) is 0 Å². The summed E-state index contributed by atoms with van der Waals surface area (Å²) >= 11 is 6.18. The van der Waals surface area contributed by atoms with E-state index in [1.54, 1.807) is 10.7 Å². The number of nitrogens with one attached hydrogen (secondary N) is 1. The van der Waals surface area contributed by atoms with Gasteiger partial charge in [0, 0.05) is 24.6 Å². The summed E-state index contributed by atoms with van der Waals surface area (Å²) in [6.45, 7) is 8.22. The molecule has 40 heavy (non-hydrogen) atoms. The molecule has 1 saturated carbocycles. The number of para-hydroxylation sites is 1.